The Kier molecular flexibility index (Phi) is 4.58. The van der Waals surface area contributed by atoms with Gasteiger partial charge in [0.15, 0.2) is 0 Å². The molecule has 0 aliphatic carbocycles. The molecule has 0 aromatic heterocycles. The summed E-state index contributed by atoms with van der Waals surface area (Å²) in [7, 11) is 8.25. The van der Waals surface area contributed by atoms with Crippen LogP contribution in [0.2, 0.25) is 5.02 Å². The van der Waals surface area contributed by atoms with Crippen molar-refractivity contribution in [1.29, 1.82) is 0 Å². The molecule has 0 N–H and O–H groups in total. The second-order valence-electron chi connectivity index (χ2n) is 4.44. The standard InChI is InChI=1S/C12H19ClN2/c1-14(2)8-10-5-11(9-15(3)4)7-12(13)6-10/h5-7H,8-9H2,1-4H3. The van der Waals surface area contributed by atoms with Crippen molar-refractivity contribution in [2.24, 2.45) is 0 Å². The zero-order chi connectivity index (χ0) is 11.4. The maximum Gasteiger partial charge on any atom is 0.0412 e. The number of rotatable bonds is 4. The van der Waals surface area contributed by atoms with Gasteiger partial charge >= 0.3 is 0 Å². The van der Waals surface area contributed by atoms with Crippen LogP contribution in [-0.2, 0) is 13.1 Å². The molecule has 0 radical (unpaired) electrons. The zero-order valence-corrected chi connectivity index (χ0v) is 10.7. The molecule has 0 heterocycles. The van der Waals surface area contributed by atoms with Crippen LogP contribution in [0.3, 0.4) is 0 Å². The highest BCUT2D eigenvalue weighted by atomic mass is 35.5. The van der Waals surface area contributed by atoms with E-state index in [1.165, 1.54) is 11.1 Å². The molecule has 0 amide bonds. The van der Waals surface area contributed by atoms with Gasteiger partial charge in [0.05, 0.1) is 0 Å². The third kappa shape index (κ3) is 4.65. The Labute approximate surface area is 97.4 Å². The van der Waals surface area contributed by atoms with Crippen molar-refractivity contribution < 1.29 is 0 Å². The third-order valence-electron chi connectivity index (χ3n) is 2.01. The molecule has 3 heteroatoms. The average Bonchev–Trinajstić information content (AvgIpc) is 1.98. The topological polar surface area (TPSA) is 6.48 Å². The van der Waals surface area contributed by atoms with Crippen LogP contribution >= 0.6 is 11.6 Å². The summed E-state index contributed by atoms with van der Waals surface area (Å²) in [4.78, 5) is 4.29. The SMILES string of the molecule is CN(C)Cc1cc(Cl)cc(CN(C)C)c1. The van der Waals surface area contributed by atoms with E-state index >= 15 is 0 Å². The summed E-state index contributed by atoms with van der Waals surface area (Å²) in [6.07, 6.45) is 0. The number of hydrogen-bond donors (Lipinski definition) is 0. The van der Waals surface area contributed by atoms with E-state index in [-0.39, 0.29) is 0 Å². The average molecular weight is 227 g/mol. The normalized spacial score (nSPS) is 11.4. The van der Waals surface area contributed by atoms with Gasteiger partial charge in [-0.05, 0) is 51.5 Å². The fourth-order valence-electron chi connectivity index (χ4n) is 1.63. The van der Waals surface area contributed by atoms with Crippen molar-refractivity contribution in [3.8, 4) is 0 Å². The van der Waals surface area contributed by atoms with Crippen molar-refractivity contribution in [2.45, 2.75) is 13.1 Å². The van der Waals surface area contributed by atoms with E-state index in [4.69, 9.17) is 11.6 Å². The van der Waals surface area contributed by atoms with Gasteiger partial charge in [0, 0.05) is 18.1 Å². The van der Waals surface area contributed by atoms with E-state index in [0.29, 0.717) is 0 Å². The Bertz CT molecular complexity index is 293. The lowest BCUT2D eigenvalue weighted by Crippen LogP contribution is -2.13. The molecule has 1 rings (SSSR count). The highest BCUT2D eigenvalue weighted by molar-refractivity contribution is 6.30. The minimum Gasteiger partial charge on any atom is -0.305 e. The molecule has 0 saturated heterocycles. The summed E-state index contributed by atoms with van der Waals surface area (Å²) in [5, 5.41) is 0.825. The second-order valence-corrected chi connectivity index (χ2v) is 4.88. The Morgan fingerprint density at radius 2 is 1.27 bits per heavy atom. The van der Waals surface area contributed by atoms with Crippen LogP contribution in [-0.4, -0.2) is 38.0 Å². The summed E-state index contributed by atoms with van der Waals surface area (Å²) in [6, 6.07) is 6.27. The molecule has 0 atom stereocenters. The molecule has 0 unspecified atom stereocenters. The van der Waals surface area contributed by atoms with Crippen LogP contribution in [0.25, 0.3) is 0 Å². The van der Waals surface area contributed by atoms with E-state index in [9.17, 15) is 0 Å². The first-order valence-corrected chi connectivity index (χ1v) is 5.43. The summed E-state index contributed by atoms with van der Waals surface area (Å²) < 4.78 is 0. The maximum atomic E-state index is 6.08. The van der Waals surface area contributed by atoms with Gasteiger partial charge in [0.25, 0.3) is 0 Å². The third-order valence-corrected chi connectivity index (χ3v) is 2.23. The fraction of sp³-hybridized carbons (Fsp3) is 0.500. The van der Waals surface area contributed by atoms with Gasteiger partial charge < -0.3 is 9.80 Å². The predicted molar refractivity (Wildman–Crippen MR) is 66.2 cm³/mol. The minimum atomic E-state index is 0.825. The summed E-state index contributed by atoms with van der Waals surface area (Å²) in [6.45, 7) is 1.86. The fourth-order valence-corrected chi connectivity index (χ4v) is 1.91. The van der Waals surface area contributed by atoms with Gasteiger partial charge in [0.2, 0.25) is 0 Å². The summed E-state index contributed by atoms with van der Waals surface area (Å²) >= 11 is 6.08. The lowest BCUT2D eigenvalue weighted by atomic mass is 10.1. The van der Waals surface area contributed by atoms with Crippen molar-refractivity contribution in [3.05, 3.63) is 34.3 Å². The van der Waals surface area contributed by atoms with Gasteiger partial charge in [-0.25, -0.2) is 0 Å². The number of benzene rings is 1. The highest BCUT2D eigenvalue weighted by Gasteiger charge is 2.02. The van der Waals surface area contributed by atoms with Crippen LogP contribution in [0.15, 0.2) is 18.2 Å². The molecule has 0 aliphatic heterocycles. The van der Waals surface area contributed by atoms with Crippen LogP contribution in [0, 0.1) is 0 Å². The van der Waals surface area contributed by atoms with Gasteiger partial charge in [-0.1, -0.05) is 17.7 Å². The lowest BCUT2D eigenvalue weighted by Gasteiger charge is -2.14. The quantitative estimate of drug-likeness (QED) is 0.779. The number of nitrogens with zero attached hydrogens (tertiary/aromatic N) is 2. The Morgan fingerprint density at radius 3 is 1.60 bits per heavy atom. The molecule has 1 aromatic carbocycles. The molecule has 15 heavy (non-hydrogen) atoms. The first kappa shape index (κ1) is 12.5. The van der Waals surface area contributed by atoms with E-state index in [0.717, 1.165) is 18.1 Å². The smallest absolute Gasteiger partial charge is 0.0412 e. The molecule has 0 fully saturated rings. The molecule has 0 aliphatic rings. The first-order chi connectivity index (χ1) is 6.97. The van der Waals surface area contributed by atoms with E-state index in [1.807, 2.05) is 12.1 Å². The molecular weight excluding hydrogens is 208 g/mol. The summed E-state index contributed by atoms with van der Waals surface area (Å²) in [5.41, 5.74) is 2.54. The summed E-state index contributed by atoms with van der Waals surface area (Å²) in [5.74, 6) is 0. The highest BCUT2D eigenvalue weighted by Crippen LogP contribution is 2.17. The van der Waals surface area contributed by atoms with Crippen molar-refractivity contribution in [3.63, 3.8) is 0 Å². The van der Waals surface area contributed by atoms with Crippen molar-refractivity contribution in [1.82, 2.24) is 9.80 Å². The van der Waals surface area contributed by atoms with E-state index in [2.05, 4.69) is 44.1 Å². The Balaban J connectivity index is 2.84. The molecule has 1 aromatic rings. The first-order valence-electron chi connectivity index (χ1n) is 5.05. The Hall–Kier alpha value is -0.570. The predicted octanol–water partition coefficient (Wildman–Crippen LogP) is 2.46. The number of halogens is 1. The molecule has 0 saturated carbocycles. The number of hydrogen-bond acceptors (Lipinski definition) is 2. The van der Waals surface area contributed by atoms with Crippen molar-refractivity contribution >= 4 is 11.6 Å². The van der Waals surface area contributed by atoms with Gasteiger partial charge in [-0.2, -0.15) is 0 Å². The molecule has 2 nitrogen and oxygen atoms in total. The largest absolute Gasteiger partial charge is 0.305 e. The zero-order valence-electron chi connectivity index (χ0n) is 9.92. The molecule has 84 valence electrons. The van der Waals surface area contributed by atoms with Crippen LogP contribution in [0.4, 0.5) is 0 Å². The maximum absolute atomic E-state index is 6.08. The van der Waals surface area contributed by atoms with Gasteiger partial charge in [-0.3, -0.25) is 0 Å². The second kappa shape index (κ2) is 5.50. The van der Waals surface area contributed by atoms with Gasteiger partial charge in [0.1, 0.15) is 0 Å². The monoisotopic (exact) mass is 226 g/mol. The van der Waals surface area contributed by atoms with E-state index < -0.39 is 0 Å². The minimum absolute atomic E-state index is 0.825. The molecule has 0 spiro atoms. The van der Waals surface area contributed by atoms with Gasteiger partial charge in [-0.15, -0.1) is 0 Å². The van der Waals surface area contributed by atoms with Crippen molar-refractivity contribution in [2.75, 3.05) is 28.2 Å². The van der Waals surface area contributed by atoms with Crippen LogP contribution in [0.1, 0.15) is 11.1 Å². The molecule has 0 bridgehead atoms. The van der Waals surface area contributed by atoms with Crippen LogP contribution in [0.5, 0.6) is 0 Å². The Morgan fingerprint density at radius 1 is 0.867 bits per heavy atom. The lowest BCUT2D eigenvalue weighted by molar-refractivity contribution is 0.395. The molecular formula is C12H19ClN2. The van der Waals surface area contributed by atoms with E-state index in [1.54, 1.807) is 0 Å². The van der Waals surface area contributed by atoms with Crippen LogP contribution < -0.4 is 0 Å².